The molecule has 5 heteroatoms. The van der Waals surface area contributed by atoms with Crippen molar-refractivity contribution in [3.63, 3.8) is 0 Å². The minimum absolute atomic E-state index is 0.157. The predicted octanol–water partition coefficient (Wildman–Crippen LogP) is 2.81. The van der Waals surface area contributed by atoms with E-state index >= 15 is 0 Å². The number of rotatable bonds is 4. The molecule has 96 valence electrons. The quantitative estimate of drug-likeness (QED) is 0.877. The van der Waals surface area contributed by atoms with Crippen LogP contribution < -0.4 is 5.73 Å². The van der Waals surface area contributed by atoms with Crippen molar-refractivity contribution in [3.8, 4) is 11.3 Å². The minimum atomic E-state index is -0.866. The zero-order chi connectivity index (χ0) is 13.1. The molecule has 0 fully saturated rings. The first-order valence-corrected chi connectivity index (χ1v) is 5.86. The van der Waals surface area contributed by atoms with Crippen LogP contribution in [0.4, 0.5) is 8.78 Å². The van der Waals surface area contributed by atoms with Crippen molar-refractivity contribution >= 4 is 0 Å². The summed E-state index contributed by atoms with van der Waals surface area (Å²) in [6, 6.07) is 3.76. The molecule has 2 aromatic rings. The predicted molar refractivity (Wildman–Crippen MR) is 66.0 cm³/mol. The molecule has 0 radical (unpaired) electrons. The molecule has 0 aliphatic heterocycles. The van der Waals surface area contributed by atoms with Crippen molar-refractivity contribution in [3.05, 3.63) is 41.9 Å². The molecule has 3 nitrogen and oxygen atoms in total. The van der Waals surface area contributed by atoms with Gasteiger partial charge in [-0.25, -0.2) is 13.8 Å². The van der Waals surface area contributed by atoms with Crippen LogP contribution in [0, 0.1) is 11.6 Å². The van der Waals surface area contributed by atoms with Gasteiger partial charge >= 0.3 is 0 Å². The molecule has 2 rings (SSSR count). The normalized spacial score (nSPS) is 12.7. The minimum Gasteiger partial charge on any atom is -0.342 e. The SMILES string of the molecule is CCC(CN)c1ncc(-c2ccc(F)c(F)c2)[nH]1. The number of H-pyrrole nitrogens is 1. The van der Waals surface area contributed by atoms with Gasteiger partial charge in [0, 0.05) is 18.0 Å². The van der Waals surface area contributed by atoms with Crippen LogP contribution in [0.25, 0.3) is 11.3 Å². The first kappa shape index (κ1) is 12.7. The number of nitrogens with one attached hydrogen (secondary N) is 1. The molecular weight excluding hydrogens is 236 g/mol. The Morgan fingerprint density at radius 3 is 2.72 bits per heavy atom. The second-order valence-corrected chi connectivity index (χ2v) is 4.15. The highest BCUT2D eigenvalue weighted by molar-refractivity contribution is 5.58. The van der Waals surface area contributed by atoms with Crippen LogP contribution in [0.5, 0.6) is 0 Å². The van der Waals surface area contributed by atoms with E-state index in [0.717, 1.165) is 24.4 Å². The van der Waals surface area contributed by atoms with E-state index in [2.05, 4.69) is 9.97 Å². The molecule has 1 aromatic heterocycles. The first-order valence-electron chi connectivity index (χ1n) is 5.86. The Balaban J connectivity index is 2.31. The van der Waals surface area contributed by atoms with Gasteiger partial charge in [0.15, 0.2) is 11.6 Å². The van der Waals surface area contributed by atoms with E-state index in [1.54, 1.807) is 6.20 Å². The van der Waals surface area contributed by atoms with Gasteiger partial charge in [-0.2, -0.15) is 0 Å². The second kappa shape index (κ2) is 5.27. The molecule has 1 unspecified atom stereocenters. The molecule has 0 spiro atoms. The third-order valence-corrected chi connectivity index (χ3v) is 2.99. The lowest BCUT2D eigenvalue weighted by molar-refractivity contribution is 0.509. The highest BCUT2D eigenvalue weighted by Gasteiger charge is 2.12. The zero-order valence-electron chi connectivity index (χ0n) is 10.1. The fraction of sp³-hybridized carbons (Fsp3) is 0.308. The lowest BCUT2D eigenvalue weighted by Crippen LogP contribution is -2.12. The standard InChI is InChI=1S/C13H15F2N3/c1-2-8(6-16)13-17-7-12(18-13)9-3-4-10(14)11(15)5-9/h3-5,7-8H,2,6,16H2,1H3,(H,17,18). The van der Waals surface area contributed by atoms with Gasteiger partial charge in [-0.05, 0) is 24.6 Å². The average Bonchev–Trinajstić information content (AvgIpc) is 2.84. The fourth-order valence-corrected chi connectivity index (χ4v) is 1.83. The zero-order valence-corrected chi connectivity index (χ0v) is 10.1. The van der Waals surface area contributed by atoms with Crippen molar-refractivity contribution in [2.24, 2.45) is 5.73 Å². The molecule has 1 aromatic carbocycles. The number of hydrogen-bond acceptors (Lipinski definition) is 2. The van der Waals surface area contributed by atoms with Crippen LogP contribution >= 0.6 is 0 Å². The Bertz CT molecular complexity index is 533. The van der Waals surface area contributed by atoms with E-state index < -0.39 is 11.6 Å². The molecule has 18 heavy (non-hydrogen) atoms. The Morgan fingerprint density at radius 2 is 2.11 bits per heavy atom. The molecule has 0 amide bonds. The number of hydrogen-bond donors (Lipinski definition) is 2. The van der Waals surface area contributed by atoms with Crippen molar-refractivity contribution in [2.45, 2.75) is 19.3 Å². The van der Waals surface area contributed by atoms with Crippen LogP contribution in [0.15, 0.2) is 24.4 Å². The number of imidazole rings is 1. The van der Waals surface area contributed by atoms with E-state index in [0.29, 0.717) is 17.8 Å². The van der Waals surface area contributed by atoms with Gasteiger partial charge in [-0.15, -0.1) is 0 Å². The lowest BCUT2D eigenvalue weighted by Gasteiger charge is -2.07. The Hall–Kier alpha value is -1.75. The van der Waals surface area contributed by atoms with E-state index in [1.165, 1.54) is 6.07 Å². The van der Waals surface area contributed by atoms with Gasteiger partial charge in [0.2, 0.25) is 0 Å². The summed E-state index contributed by atoms with van der Waals surface area (Å²) in [7, 11) is 0. The van der Waals surface area contributed by atoms with Crippen LogP contribution in [-0.4, -0.2) is 16.5 Å². The Morgan fingerprint density at radius 1 is 1.33 bits per heavy atom. The number of aromatic nitrogens is 2. The second-order valence-electron chi connectivity index (χ2n) is 4.15. The van der Waals surface area contributed by atoms with Gasteiger partial charge in [0.25, 0.3) is 0 Å². The third-order valence-electron chi connectivity index (χ3n) is 2.99. The molecule has 0 bridgehead atoms. The average molecular weight is 251 g/mol. The highest BCUT2D eigenvalue weighted by atomic mass is 19.2. The maximum absolute atomic E-state index is 13.1. The number of halogens is 2. The molecule has 0 aliphatic rings. The van der Waals surface area contributed by atoms with Crippen molar-refractivity contribution < 1.29 is 8.78 Å². The Kier molecular flexibility index (Phi) is 3.72. The van der Waals surface area contributed by atoms with Crippen LogP contribution in [-0.2, 0) is 0 Å². The molecule has 0 aliphatic carbocycles. The molecular formula is C13H15F2N3. The Labute approximate surface area is 104 Å². The molecule has 0 saturated heterocycles. The van der Waals surface area contributed by atoms with Crippen LogP contribution in [0.3, 0.4) is 0 Å². The van der Waals surface area contributed by atoms with E-state index in [9.17, 15) is 8.78 Å². The van der Waals surface area contributed by atoms with Gasteiger partial charge < -0.3 is 10.7 Å². The first-order chi connectivity index (χ1) is 8.65. The molecule has 3 N–H and O–H groups in total. The summed E-state index contributed by atoms with van der Waals surface area (Å²) in [6.07, 6.45) is 2.49. The van der Waals surface area contributed by atoms with Gasteiger partial charge in [-0.1, -0.05) is 6.92 Å². The summed E-state index contributed by atoms with van der Waals surface area (Å²) in [5, 5.41) is 0. The van der Waals surface area contributed by atoms with E-state index in [4.69, 9.17) is 5.73 Å². The van der Waals surface area contributed by atoms with Crippen molar-refractivity contribution in [1.82, 2.24) is 9.97 Å². The smallest absolute Gasteiger partial charge is 0.159 e. The van der Waals surface area contributed by atoms with Crippen LogP contribution in [0.2, 0.25) is 0 Å². The number of nitrogens with two attached hydrogens (primary N) is 1. The monoisotopic (exact) mass is 251 g/mol. The number of nitrogens with zero attached hydrogens (tertiary/aromatic N) is 1. The summed E-state index contributed by atoms with van der Waals surface area (Å²) in [5.74, 6) is -0.787. The van der Waals surface area contributed by atoms with Crippen molar-refractivity contribution in [2.75, 3.05) is 6.54 Å². The van der Waals surface area contributed by atoms with E-state index in [-0.39, 0.29) is 5.92 Å². The largest absolute Gasteiger partial charge is 0.342 e. The summed E-state index contributed by atoms with van der Waals surface area (Å²) >= 11 is 0. The lowest BCUT2D eigenvalue weighted by atomic mass is 10.1. The topological polar surface area (TPSA) is 54.7 Å². The third kappa shape index (κ3) is 2.41. The molecule has 0 saturated carbocycles. The fourth-order valence-electron chi connectivity index (χ4n) is 1.83. The number of benzene rings is 1. The summed E-state index contributed by atoms with van der Waals surface area (Å²) in [4.78, 5) is 7.33. The summed E-state index contributed by atoms with van der Waals surface area (Å²) in [5.41, 5.74) is 6.87. The highest BCUT2D eigenvalue weighted by Crippen LogP contribution is 2.22. The molecule has 1 atom stereocenters. The summed E-state index contributed by atoms with van der Waals surface area (Å²) < 4.78 is 26.0. The van der Waals surface area contributed by atoms with Gasteiger partial charge in [0.1, 0.15) is 5.82 Å². The van der Waals surface area contributed by atoms with Crippen molar-refractivity contribution in [1.29, 1.82) is 0 Å². The van der Waals surface area contributed by atoms with Gasteiger partial charge in [-0.3, -0.25) is 0 Å². The summed E-state index contributed by atoms with van der Waals surface area (Å²) in [6.45, 7) is 2.53. The molecule has 1 heterocycles. The maximum atomic E-state index is 13.1. The van der Waals surface area contributed by atoms with Crippen LogP contribution in [0.1, 0.15) is 25.1 Å². The maximum Gasteiger partial charge on any atom is 0.159 e. The van der Waals surface area contributed by atoms with Gasteiger partial charge in [0.05, 0.1) is 11.9 Å². The number of aromatic amines is 1. The van der Waals surface area contributed by atoms with E-state index in [1.807, 2.05) is 6.92 Å².